The lowest BCUT2D eigenvalue weighted by Crippen LogP contribution is -1.99. The van der Waals surface area contributed by atoms with Gasteiger partial charge in [0.1, 0.15) is 11.6 Å². The molecule has 0 saturated heterocycles. The van der Waals surface area contributed by atoms with E-state index in [9.17, 15) is 14.5 Å². The lowest BCUT2D eigenvalue weighted by molar-refractivity contribution is -0.384. The number of nitro groups is 1. The minimum absolute atomic E-state index is 0.0616. The van der Waals surface area contributed by atoms with E-state index in [2.05, 4.69) is 15.3 Å². The van der Waals surface area contributed by atoms with Crippen molar-refractivity contribution in [1.29, 1.82) is 0 Å². The van der Waals surface area contributed by atoms with Gasteiger partial charge in [-0.1, -0.05) is 36.0 Å². The van der Waals surface area contributed by atoms with E-state index >= 15 is 0 Å². The van der Waals surface area contributed by atoms with Crippen LogP contribution < -0.4 is 5.32 Å². The summed E-state index contributed by atoms with van der Waals surface area (Å²) < 4.78 is 13.2. The Hall–Kier alpha value is -3.52. The van der Waals surface area contributed by atoms with Crippen LogP contribution in [0.1, 0.15) is 5.56 Å². The molecule has 0 saturated carbocycles. The first-order valence-electron chi connectivity index (χ1n) is 8.74. The van der Waals surface area contributed by atoms with E-state index < -0.39 is 4.92 Å². The number of non-ortho nitro benzene ring substituents is 1. The van der Waals surface area contributed by atoms with Crippen molar-refractivity contribution in [2.24, 2.45) is 0 Å². The molecule has 8 heteroatoms. The average molecular weight is 406 g/mol. The smallest absolute Gasteiger partial charge is 0.269 e. The number of rotatable bonds is 6. The fraction of sp³-hybridized carbons (Fsp3) is 0.0476. The van der Waals surface area contributed by atoms with Gasteiger partial charge in [-0.25, -0.2) is 14.4 Å². The van der Waals surface area contributed by atoms with E-state index in [-0.39, 0.29) is 11.5 Å². The van der Waals surface area contributed by atoms with Crippen LogP contribution in [0, 0.1) is 15.9 Å². The molecule has 0 aliphatic rings. The molecule has 4 aromatic rings. The predicted octanol–water partition coefficient (Wildman–Crippen LogP) is 5.71. The van der Waals surface area contributed by atoms with Crippen LogP contribution in [0.5, 0.6) is 0 Å². The number of para-hydroxylation sites is 1. The minimum Gasteiger partial charge on any atom is -0.340 e. The molecule has 1 heterocycles. The fourth-order valence-corrected chi connectivity index (χ4v) is 3.55. The summed E-state index contributed by atoms with van der Waals surface area (Å²) in [6.07, 6.45) is 0. The second kappa shape index (κ2) is 8.24. The lowest BCUT2D eigenvalue weighted by atomic mass is 10.2. The Morgan fingerprint density at radius 2 is 1.69 bits per heavy atom. The monoisotopic (exact) mass is 406 g/mol. The Morgan fingerprint density at radius 3 is 2.41 bits per heavy atom. The number of nitro benzene ring substituents is 1. The molecule has 6 nitrogen and oxygen atoms in total. The van der Waals surface area contributed by atoms with Crippen molar-refractivity contribution in [2.75, 3.05) is 5.32 Å². The van der Waals surface area contributed by atoms with Gasteiger partial charge in [0.25, 0.3) is 5.69 Å². The summed E-state index contributed by atoms with van der Waals surface area (Å²) in [6.45, 7) is 0. The molecular weight excluding hydrogens is 391 g/mol. The number of anilines is 2. The minimum atomic E-state index is -0.420. The molecule has 0 aliphatic heterocycles. The zero-order valence-electron chi connectivity index (χ0n) is 15.1. The summed E-state index contributed by atoms with van der Waals surface area (Å²) in [7, 11) is 0. The van der Waals surface area contributed by atoms with E-state index in [4.69, 9.17) is 0 Å². The zero-order valence-corrected chi connectivity index (χ0v) is 15.9. The number of hydrogen-bond acceptors (Lipinski definition) is 6. The number of fused-ring (bicyclic) bond motifs is 1. The first-order chi connectivity index (χ1) is 14.1. The van der Waals surface area contributed by atoms with E-state index in [0.29, 0.717) is 16.7 Å². The highest BCUT2D eigenvalue weighted by molar-refractivity contribution is 7.98. The lowest BCUT2D eigenvalue weighted by Gasteiger charge is -2.11. The highest BCUT2D eigenvalue weighted by Gasteiger charge is 2.10. The number of nitrogens with one attached hydrogen (secondary N) is 1. The average Bonchev–Trinajstić information content (AvgIpc) is 2.74. The Labute approximate surface area is 170 Å². The molecule has 1 aromatic heterocycles. The van der Waals surface area contributed by atoms with Crippen molar-refractivity contribution >= 4 is 39.9 Å². The second-order valence-electron chi connectivity index (χ2n) is 6.22. The molecule has 0 bridgehead atoms. The van der Waals surface area contributed by atoms with Crippen molar-refractivity contribution in [3.63, 3.8) is 0 Å². The summed E-state index contributed by atoms with van der Waals surface area (Å²) in [6, 6.07) is 20.1. The van der Waals surface area contributed by atoms with Gasteiger partial charge in [-0.3, -0.25) is 10.1 Å². The summed E-state index contributed by atoms with van der Waals surface area (Å²) in [5.74, 6) is 0.905. The number of halogens is 1. The summed E-state index contributed by atoms with van der Waals surface area (Å²) >= 11 is 1.44. The second-order valence-corrected chi connectivity index (χ2v) is 7.16. The van der Waals surface area contributed by atoms with Gasteiger partial charge in [0, 0.05) is 29.0 Å². The number of thioether (sulfide) groups is 1. The number of benzene rings is 3. The molecular formula is C21H15FN4O2S. The van der Waals surface area contributed by atoms with Gasteiger partial charge >= 0.3 is 0 Å². The van der Waals surface area contributed by atoms with Gasteiger partial charge in [-0.2, -0.15) is 0 Å². The highest BCUT2D eigenvalue weighted by Crippen LogP contribution is 2.28. The van der Waals surface area contributed by atoms with Crippen LogP contribution in [-0.4, -0.2) is 14.9 Å². The van der Waals surface area contributed by atoms with E-state index in [1.807, 2.05) is 24.3 Å². The molecule has 0 amide bonds. The van der Waals surface area contributed by atoms with Crippen molar-refractivity contribution in [1.82, 2.24) is 9.97 Å². The van der Waals surface area contributed by atoms with Crippen molar-refractivity contribution in [3.8, 4) is 0 Å². The third-order valence-corrected chi connectivity index (χ3v) is 5.12. The van der Waals surface area contributed by atoms with E-state index in [0.717, 1.165) is 22.2 Å². The Morgan fingerprint density at radius 1 is 0.966 bits per heavy atom. The summed E-state index contributed by atoms with van der Waals surface area (Å²) in [5, 5.41) is 15.4. The molecule has 144 valence electrons. The van der Waals surface area contributed by atoms with E-state index in [1.54, 1.807) is 24.3 Å². The molecule has 0 fully saturated rings. The highest BCUT2D eigenvalue weighted by atomic mass is 32.2. The Balaban J connectivity index is 1.59. The Bertz CT molecular complexity index is 1170. The third-order valence-electron chi connectivity index (χ3n) is 4.20. The van der Waals surface area contributed by atoms with Crippen LogP contribution in [0.15, 0.2) is 78.0 Å². The molecule has 0 aliphatic carbocycles. The Kier molecular flexibility index (Phi) is 5.35. The van der Waals surface area contributed by atoms with Gasteiger partial charge in [0.15, 0.2) is 5.16 Å². The number of hydrogen-bond donors (Lipinski definition) is 1. The van der Waals surface area contributed by atoms with Crippen molar-refractivity contribution in [2.45, 2.75) is 10.9 Å². The SMILES string of the molecule is O=[N+]([O-])c1ccc(CSc2nc(Nc3ccc(F)cc3)c3ccccc3n2)cc1. The largest absolute Gasteiger partial charge is 0.340 e. The van der Waals surface area contributed by atoms with Gasteiger partial charge in [-0.15, -0.1) is 0 Å². The topological polar surface area (TPSA) is 81.0 Å². The van der Waals surface area contributed by atoms with Crippen molar-refractivity contribution < 1.29 is 9.31 Å². The van der Waals surface area contributed by atoms with Gasteiger partial charge in [0.2, 0.25) is 0 Å². The van der Waals surface area contributed by atoms with Crippen LogP contribution in [0.2, 0.25) is 0 Å². The van der Waals surface area contributed by atoms with Gasteiger partial charge < -0.3 is 5.32 Å². The fourth-order valence-electron chi connectivity index (χ4n) is 2.75. The molecule has 0 unspecified atom stereocenters. The number of nitrogens with zero attached hydrogens (tertiary/aromatic N) is 3. The molecule has 0 spiro atoms. The predicted molar refractivity (Wildman–Crippen MR) is 112 cm³/mol. The maximum Gasteiger partial charge on any atom is 0.269 e. The maximum absolute atomic E-state index is 13.2. The first kappa shape index (κ1) is 18.8. The molecule has 1 N–H and O–H groups in total. The van der Waals surface area contributed by atoms with Gasteiger partial charge in [0.05, 0.1) is 10.4 Å². The molecule has 0 radical (unpaired) electrons. The normalized spacial score (nSPS) is 10.8. The van der Waals surface area contributed by atoms with Crippen LogP contribution in [0.4, 0.5) is 21.6 Å². The first-order valence-corrected chi connectivity index (χ1v) is 9.72. The van der Waals surface area contributed by atoms with Crippen LogP contribution in [0.25, 0.3) is 10.9 Å². The third kappa shape index (κ3) is 4.49. The molecule has 4 rings (SSSR count). The van der Waals surface area contributed by atoms with E-state index in [1.165, 1.54) is 36.0 Å². The standard InChI is InChI=1S/C21H15FN4O2S/c22-15-7-9-16(10-8-15)23-20-18-3-1-2-4-19(18)24-21(25-20)29-13-14-5-11-17(12-6-14)26(27)28/h1-12H,13H2,(H,23,24,25). The van der Waals surface area contributed by atoms with Crippen LogP contribution in [-0.2, 0) is 5.75 Å². The quantitative estimate of drug-likeness (QED) is 0.191. The van der Waals surface area contributed by atoms with Crippen LogP contribution >= 0.6 is 11.8 Å². The number of aromatic nitrogens is 2. The molecule has 29 heavy (non-hydrogen) atoms. The van der Waals surface area contributed by atoms with Gasteiger partial charge in [-0.05, 0) is 42.0 Å². The molecule has 3 aromatic carbocycles. The van der Waals surface area contributed by atoms with Crippen molar-refractivity contribution in [3.05, 3.63) is 94.3 Å². The zero-order chi connectivity index (χ0) is 20.2. The summed E-state index contributed by atoms with van der Waals surface area (Å²) in [4.78, 5) is 19.6. The van der Waals surface area contributed by atoms with Crippen LogP contribution in [0.3, 0.4) is 0 Å². The maximum atomic E-state index is 13.2. The summed E-state index contributed by atoms with van der Waals surface area (Å²) in [5.41, 5.74) is 2.51. The molecule has 0 atom stereocenters.